The second-order valence-corrected chi connectivity index (χ2v) is 17.5. The Labute approximate surface area is 307 Å². The molecule has 51 heavy (non-hydrogen) atoms. The molecule has 1 aromatic heterocycles. The van der Waals surface area contributed by atoms with Crippen molar-refractivity contribution in [2.45, 2.75) is 80.3 Å². The van der Waals surface area contributed by atoms with Gasteiger partial charge < -0.3 is 19.4 Å². The van der Waals surface area contributed by atoms with Gasteiger partial charge in [-0.05, 0) is 56.3 Å². The lowest BCUT2D eigenvalue weighted by molar-refractivity contribution is -0.128. The summed E-state index contributed by atoms with van der Waals surface area (Å²) in [4.78, 5) is 28.8. The Morgan fingerprint density at radius 2 is 1.98 bits per heavy atom. The van der Waals surface area contributed by atoms with Crippen molar-refractivity contribution in [3.8, 4) is 12.1 Å². The molecule has 3 fully saturated rings. The maximum absolute atomic E-state index is 13.5. The Morgan fingerprint density at radius 3 is 2.71 bits per heavy atom. The number of aromatic nitrogens is 2. The fraction of sp³-hybridized carbons (Fsp3) is 0.526. The molecule has 9 nitrogen and oxygen atoms in total. The maximum Gasteiger partial charge on any atom is 0.318 e. The third-order valence-corrected chi connectivity index (χ3v) is 14.2. The number of hydrogen-bond donors (Lipinski definition) is 0. The number of carbonyl (C=O) groups is 1. The van der Waals surface area contributed by atoms with Gasteiger partial charge in [-0.2, -0.15) is 15.2 Å². The Kier molecular flexibility index (Phi) is 9.88. The Hall–Kier alpha value is -3.60. The number of benzene rings is 2. The molecule has 1 saturated carbocycles. The van der Waals surface area contributed by atoms with Crippen LogP contribution in [0.1, 0.15) is 49.9 Å². The van der Waals surface area contributed by atoms with Gasteiger partial charge in [0.2, 0.25) is 11.8 Å². The number of thioether (sulfide) groups is 1. The first-order chi connectivity index (χ1) is 24.4. The molecule has 0 spiro atoms. The average Bonchev–Trinajstić information content (AvgIpc) is 3.79. The largest absolute Gasteiger partial charge is 0.462 e. The third kappa shape index (κ3) is 7.11. The third-order valence-electron chi connectivity index (χ3n) is 11.0. The minimum absolute atomic E-state index is 0.0266. The second-order valence-electron chi connectivity index (χ2n) is 14.4. The zero-order valence-electron chi connectivity index (χ0n) is 29.6. The number of aryl methyl sites for hydroxylation is 1. The lowest BCUT2D eigenvalue weighted by atomic mass is 9.79. The highest BCUT2D eigenvalue weighted by Gasteiger charge is 2.57. The molecule has 1 unspecified atom stereocenters. The molecule has 1 amide bonds. The number of piperazine rings is 1. The monoisotopic (exact) mass is 733 g/mol. The van der Waals surface area contributed by atoms with Gasteiger partial charge in [-0.1, -0.05) is 55.8 Å². The van der Waals surface area contributed by atoms with Crippen LogP contribution >= 0.6 is 23.7 Å². The number of ether oxygens (including phenoxy) is 1. The van der Waals surface area contributed by atoms with E-state index >= 15 is 0 Å². The van der Waals surface area contributed by atoms with Crippen molar-refractivity contribution in [1.82, 2.24) is 19.2 Å². The molecule has 7 rings (SSSR count). The number of nitriles is 1. The zero-order chi connectivity index (χ0) is 36.1. The summed E-state index contributed by atoms with van der Waals surface area (Å²) in [6.45, 7) is 13.3. The number of hydrogen-bond acceptors (Lipinski definition) is 10. The summed E-state index contributed by atoms with van der Waals surface area (Å²) < 4.78 is 35.7. The first-order valence-corrected chi connectivity index (χ1v) is 19.4. The molecule has 13 heteroatoms. The van der Waals surface area contributed by atoms with Crippen LogP contribution < -0.4 is 14.5 Å². The number of halogens is 2. The van der Waals surface area contributed by atoms with Gasteiger partial charge in [0.15, 0.2) is 0 Å². The quantitative estimate of drug-likeness (QED) is 0.119. The number of rotatable bonds is 11. The summed E-state index contributed by atoms with van der Waals surface area (Å²) in [5.74, 6) is -1.85. The molecule has 270 valence electrons. The van der Waals surface area contributed by atoms with Crippen LogP contribution in [0.25, 0.3) is 10.8 Å². The van der Waals surface area contributed by atoms with Crippen molar-refractivity contribution in [3.05, 3.63) is 65.9 Å². The van der Waals surface area contributed by atoms with Crippen LogP contribution in [-0.2, 0) is 17.8 Å². The van der Waals surface area contributed by atoms with E-state index in [0.717, 1.165) is 30.0 Å². The summed E-state index contributed by atoms with van der Waals surface area (Å²) >= 11 is 3.45. The highest BCUT2D eigenvalue weighted by atomic mass is 32.2. The topological polar surface area (TPSA) is 88.8 Å². The fourth-order valence-corrected chi connectivity index (χ4v) is 10.3. The number of carbonyl (C=O) groups excluding carboxylic acids is 1. The maximum atomic E-state index is 13.5. The summed E-state index contributed by atoms with van der Waals surface area (Å²) in [6.07, 6.45) is 2.21. The molecule has 0 N–H and O–H groups in total. The molecular weight excluding hydrogens is 689 g/mol. The van der Waals surface area contributed by atoms with Crippen molar-refractivity contribution in [2.75, 3.05) is 49.6 Å². The summed E-state index contributed by atoms with van der Waals surface area (Å²) in [5.41, 5.74) is 4.39. The van der Waals surface area contributed by atoms with E-state index in [1.165, 1.54) is 28.1 Å². The van der Waals surface area contributed by atoms with Gasteiger partial charge in [0.1, 0.15) is 12.4 Å². The van der Waals surface area contributed by atoms with E-state index < -0.39 is 5.92 Å². The first kappa shape index (κ1) is 35.8. The summed E-state index contributed by atoms with van der Waals surface area (Å²) in [6, 6.07) is 15.1. The van der Waals surface area contributed by atoms with Crippen LogP contribution in [0.4, 0.5) is 20.3 Å². The molecule has 2 aromatic carbocycles. The van der Waals surface area contributed by atoms with Gasteiger partial charge in [-0.3, -0.25) is 4.79 Å². The lowest BCUT2D eigenvalue weighted by Gasteiger charge is -2.42. The van der Waals surface area contributed by atoms with Gasteiger partial charge >= 0.3 is 6.01 Å². The van der Waals surface area contributed by atoms with Crippen molar-refractivity contribution < 1.29 is 18.3 Å². The van der Waals surface area contributed by atoms with E-state index in [0.29, 0.717) is 38.8 Å². The predicted octanol–water partition coefficient (Wildman–Crippen LogP) is 6.84. The molecule has 4 aliphatic rings. The van der Waals surface area contributed by atoms with Crippen molar-refractivity contribution in [1.29, 1.82) is 5.26 Å². The van der Waals surface area contributed by atoms with Crippen molar-refractivity contribution in [3.63, 3.8) is 0 Å². The highest BCUT2D eigenvalue weighted by molar-refractivity contribution is 8.09. The van der Waals surface area contributed by atoms with Crippen LogP contribution in [0.15, 0.2) is 49.1 Å². The lowest BCUT2D eigenvalue weighted by Crippen LogP contribution is -2.55. The average molecular weight is 734 g/mol. The molecule has 0 radical (unpaired) electrons. The second kappa shape index (κ2) is 14.1. The van der Waals surface area contributed by atoms with Gasteiger partial charge in [-0.25, -0.2) is 13.1 Å². The number of alkyl halides is 2. The van der Waals surface area contributed by atoms with Crippen LogP contribution in [0.3, 0.4) is 0 Å². The molecule has 4 atom stereocenters. The molecular formula is C38H45F2N7O2S2. The molecule has 3 aromatic rings. The van der Waals surface area contributed by atoms with E-state index in [-0.39, 0.29) is 52.5 Å². The van der Waals surface area contributed by atoms with Crippen molar-refractivity contribution >= 4 is 51.9 Å². The fourth-order valence-electron chi connectivity index (χ4n) is 7.77. The molecule has 3 aliphatic heterocycles. The van der Waals surface area contributed by atoms with E-state index in [1.807, 2.05) is 14.0 Å². The predicted molar refractivity (Wildman–Crippen MR) is 201 cm³/mol. The van der Waals surface area contributed by atoms with Gasteiger partial charge in [0.25, 0.3) is 0 Å². The van der Waals surface area contributed by atoms with E-state index in [1.54, 1.807) is 28.6 Å². The summed E-state index contributed by atoms with van der Waals surface area (Å²) in [5, 5.41) is 12.3. The number of fused-ring (bicyclic) bond motifs is 2. The standard InChI is InChI=1S/C38H45F2N7O2S2/c1-6-33(48)47-18-17-46(21-28(47)13-15-41)35-29-14-16-45(31-12-8-11-26-10-7-9-24(2)34(26)31)22-30(29)42-36(43-35)49-23-32-37(4,50-32)44(5)51-25(3)27-19-38(39,40)20-27/h6-12,25,27-28,32H,1,13-14,16-23H2,2-5H3/t25-,28-,32?,37-/m0/s1. The Morgan fingerprint density at radius 1 is 1.22 bits per heavy atom. The Balaban J connectivity index is 1.13. The van der Waals surface area contributed by atoms with Gasteiger partial charge in [-0.15, -0.1) is 11.8 Å². The molecule has 0 bridgehead atoms. The number of anilines is 2. The van der Waals surface area contributed by atoms with E-state index in [9.17, 15) is 18.8 Å². The molecule has 4 heterocycles. The van der Waals surface area contributed by atoms with E-state index in [4.69, 9.17) is 14.7 Å². The summed E-state index contributed by atoms with van der Waals surface area (Å²) in [7, 11) is 2.04. The smallest absolute Gasteiger partial charge is 0.318 e. The van der Waals surface area contributed by atoms with Crippen LogP contribution in [0.2, 0.25) is 0 Å². The van der Waals surface area contributed by atoms with E-state index in [2.05, 4.69) is 77.0 Å². The van der Waals surface area contributed by atoms with Crippen molar-refractivity contribution in [2.24, 2.45) is 5.92 Å². The SMILES string of the molecule is C=CC(=O)N1CCN(c2nc(OCC3S[C@]3(C)N(C)S[C@@H](C)C3CC(F)(F)C3)nc3c2CCN(c2cccc4cccc(C)c24)C3)C[C@@H]1CC#N. The minimum Gasteiger partial charge on any atom is -0.462 e. The Bertz CT molecular complexity index is 1860. The van der Waals surface area contributed by atoms with Crippen LogP contribution in [-0.4, -0.2) is 92.2 Å². The zero-order valence-corrected chi connectivity index (χ0v) is 31.3. The molecule has 1 aliphatic carbocycles. The number of nitrogens with zero attached hydrogens (tertiary/aromatic N) is 7. The minimum atomic E-state index is -2.52. The first-order valence-electron chi connectivity index (χ1n) is 17.7. The van der Waals surface area contributed by atoms with Crippen LogP contribution in [0, 0.1) is 24.2 Å². The van der Waals surface area contributed by atoms with Gasteiger partial charge in [0, 0.05) is 60.9 Å². The van der Waals surface area contributed by atoms with Crippen LogP contribution in [0.5, 0.6) is 6.01 Å². The molecule has 2 saturated heterocycles. The number of amides is 1. The normalized spacial score (nSPS) is 24.9. The van der Waals surface area contributed by atoms with Gasteiger partial charge in [0.05, 0.1) is 40.9 Å². The highest BCUT2D eigenvalue weighted by Crippen LogP contribution is 2.58.